The third-order valence-electron chi connectivity index (χ3n) is 3.95. The fourth-order valence-corrected chi connectivity index (χ4v) is 2.72. The molecule has 7 nitrogen and oxygen atoms in total. The standard InChI is InChI=1S/C15H18FN5O.CH4O/c1-21-9-17-8-12(21)14-18-7-11(16)13(20-14)15(22)19-10-5-3-2-4-6-10;1-2/h7-10H,2-6H2,1H3,(H,19,22);2H,1H3. The lowest BCUT2D eigenvalue weighted by atomic mass is 9.95. The Bertz CT molecular complexity index is 683. The monoisotopic (exact) mass is 335 g/mol. The van der Waals surface area contributed by atoms with E-state index in [1.54, 1.807) is 24.1 Å². The minimum Gasteiger partial charge on any atom is -0.400 e. The van der Waals surface area contributed by atoms with E-state index in [4.69, 9.17) is 5.11 Å². The highest BCUT2D eigenvalue weighted by atomic mass is 19.1. The third-order valence-corrected chi connectivity index (χ3v) is 3.95. The van der Waals surface area contributed by atoms with Gasteiger partial charge in [0.2, 0.25) is 0 Å². The highest BCUT2D eigenvalue weighted by Crippen LogP contribution is 2.19. The molecule has 1 saturated carbocycles. The molecule has 0 radical (unpaired) electrons. The van der Waals surface area contributed by atoms with E-state index < -0.39 is 11.7 Å². The molecule has 24 heavy (non-hydrogen) atoms. The number of imidazole rings is 1. The summed E-state index contributed by atoms with van der Waals surface area (Å²) in [5.74, 6) is -0.898. The van der Waals surface area contributed by atoms with Crippen molar-refractivity contribution in [2.24, 2.45) is 7.05 Å². The second kappa shape index (κ2) is 8.49. The van der Waals surface area contributed by atoms with Crippen LogP contribution in [0.5, 0.6) is 0 Å². The summed E-state index contributed by atoms with van der Waals surface area (Å²) in [6, 6.07) is 0.107. The van der Waals surface area contributed by atoms with E-state index in [0.29, 0.717) is 5.69 Å². The molecule has 0 saturated heterocycles. The number of carbonyl (C=O) groups excluding carboxylic acids is 1. The van der Waals surface area contributed by atoms with Gasteiger partial charge in [-0.3, -0.25) is 4.79 Å². The number of rotatable bonds is 3. The maximum absolute atomic E-state index is 13.9. The maximum Gasteiger partial charge on any atom is 0.273 e. The molecule has 2 N–H and O–H groups in total. The number of hydrogen-bond donors (Lipinski definition) is 2. The van der Waals surface area contributed by atoms with Crippen molar-refractivity contribution in [2.75, 3.05) is 7.11 Å². The highest BCUT2D eigenvalue weighted by Gasteiger charge is 2.21. The lowest BCUT2D eigenvalue weighted by molar-refractivity contribution is 0.0918. The predicted molar refractivity (Wildman–Crippen MR) is 86.7 cm³/mol. The number of aliphatic hydroxyl groups is 1. The molecule has 1 aliphatic carbocycles. The van der Waals surface area contributed by atoms with Gasteiger partial charge in [-0.1, -0.05) is 19.3 Å². The summed E-state index contributed by atoms with van der Waals surface area (Å²) in [5, 5.41) is 9.87. The van der Waals surface area contributed by atoms with Crippen LogP contribution in [0, 0.1) is 5.82 Å². The van der Waals surface area contributed by atoms with Gasteiger partial charge >= 0.3 is 0 Å². The van der Waals surface area contributed by atoms with Crippen molar-refractivity contribution in [1.82, 2.24) is 24.8 Å². The number of aryl methyl sites for hydroxylation is 1. The summed E-state index contributed by atoms with van der Waals surface area (Å²) >= 11 is 0. The summed E-state index contributed by atoms with van der Waals surface area (Å²) in [6.45, 7) is 0. The van der Waals surface area contributed by atoms with Gasteiger partial charge in [-0.25, -0.2) is 19.3 Å². The summed E-state index contributed by atoms with van der Waals surface area (Å²) in [4.78, 5) is 24.3. The quantitative estimate of drug-likeness (QED) is 0.890. The van der Waals surface area contributed by atoms with Crippen molar-refractivity contribution in [2.45, 2.75) is 38.1 Å². The van der Waals surface area contributed by atoms with Gasteiger partial charge in [0.25, 0.3) is 5.91 Å². The number of amides is 1. The summed E-state index contributed by atoms with van der Waals surface area (Å²) in [6.07, 6.45) is 9.47. The molecule has 2 aromatic rings. The molecule has 130 valence electrons. The molecule has 0 unspecified atom stereocenters. The molecule has 1 amide bonds. The zero-order valence-corrected chi connectivity index (χ0v) is 13.9. The maximum atomic E-state index is 13.9. The van der Waals surface area contributed by atoms with Crippen molar-refractivity contribution in [3.63, 3.8) is 0 Å². The smallest absolute Gasteiger partial charge is 0.273 e. The summed E-state index contributed by atoms with van der Waals surface area (Å²) in [7, 11) is 2.79. The lowest BCUT2D eigenvalue weighted by Gasteiger charge is -2.22. The molecule has 0 spiro atoms. The van der Waals surface area contributed by atoms with Crippen LogP contribution in [0.25, 0.3) is 11.5 Å². The fraction of sp³-hybridized carbons (Fsp3) is 0.500. The first-order valence-electron chi connectivity index (χ1n) is 7.90. The second-order valence-corrected chi connectivity index (χ2v) is 5.59. The molecule has 2 aromatic heterocycles. The molecule has 0 atom stereocenters. The van der Waals surface area contributed by atoms with Crippen LogP contribution in [0.3, 0.4) is 0 Å². The van der Waals surface area contributed by atoms with Crippen molar-refractivity contribution < 1.29 is 14.3 Å². The Labute approximate surface area is 140 Å². The minimum atomic E-state index is -0.709. The van der Waals surface area contributed by atoms with Crippen molar-refractivity contribution in [1.29, 1.82) is 0 Å². The van der Waals surface area contributed by atoms with Gasteiger partial charge in [-0.2, -0.15) is 0 Å². The van der Waals surface area contributed by atoms with Crippen molar-refractivity contribution in [3.8, 4) is 11.5 Å². The Balaban J connectivity index is 0.00000100. The van der Waals surface area contributed by atoms with E-state index in [-0.39, 0.29) is 17.6 Å². The first kappa shape index (κ1) is 18.0. The molecule has 3 rings (SSSR count). The summed E-state index contributed by atoms with van der Waals surface area (Å²) < 4.78 is 15.6. The van der Waals surface area contributed by atoms with Crippen LogP contribution in [-0.4, -0.2) is 43.7 Å². The number of aromatic nitrogens is 4. The number of nitrogens with zero attached hydrogens (tertiary/aromatic N) is 4. The Kier molecular flexibility index (Phi) is 6.36. The topological polar surface area (TPSA) is 92.9 Å². The molecule has 1 fully saturated rings. The van der Waals surface area contributed by atoms with Gasteiger partial charge in [-0.05, 0) is 12.8 Å². The Morgan fingerprint density at radius 3 is 2.62 bits per heavy atom. The van der Waals surface area contributed by atoms with Crippen LogP contribution < -0.4 is 5.32 Å². The summed E-state index contributed by atoms with van der Waals surface area (Å²) in [5.41, 5.74) is 0.420. The number of carbonyl (C=O) groups is 1. The van der Waals surface area contributed by atoms with Gasteiger partial charge in [0.15, 0.2) is 17.3 Å². The number of halogens is 1. The third kappa shape index (κ3) is 4.14. The molecule has 0 bridgehead atoms. The molecular formula is C16H22FN5O2. The predicted octanol–water partition coefficient (Wildman–Crippen LogP) is 1.69. The van der Waals surface area contributed by atoms with Crippen LogP contribution in [0.2, 0.25) is 0 Å². The average Bonchev–Trinajstić information content (AvgIpc) is 3.04. The van der Waals surface area contributed by atoms with Gasteiger partial charge in [0.05, 0.1) is 18.7 Å². The number of hydrogen-bond acceptors (Lipinski definition) is 5. The SMILES string of the molecule is CO.Cn1cncc1-c1ncc(F)c(C(=O)NC2CCCCC2)n1. The van der Waals surface area contributed by atoms with Crippen LogP contribution >= 0.6 is 0 Å². The highest BCUT2D eigenvalue weighted by molar-refractivity contribution is 5.93. The minimum absolute atomic E-state index is 0.107. The Morgan fingerprint density at radius 1 is 1.29 bits per heavy atom. The van der Waals surface area contributed by atoms with Gasteiger partial charge < -0.3 is 15.0 Å². The second-order valence-electron chi connectivity index (χ2n) is 5.59. The molecule has 0 aliphatic heterocycles. The van der Waals surface area contributed by atoms with Gasteiger partial charge in [0, 0.05) is 20.2 Å². The molecule has 2 heterocycles. The van der Waals surface area contributed by atoms with Gasteiger partial charge in [-0.15, -0.1) is 0 Å². The lowest BCUT2D eigenvalue weighted by Crippen LogP contribution is -2.37. The van der Waals surface area contributed by atoms with E-state index in [1.807, 2.05) is 0 Å². The Morgan fingerprint density at radius 2 is 2.00 bits per heavy atom. The van der Waals surface area contributed by atoms with E-state index in [2.05, 4.69) is 20.3 Å². The zero-order valence-electron chi connectivity index (χ0n) is 13.9. The average molecular weight is 335 g/mol. The van der Waals surface area contributed by atoms with Crippen LogP contribution in [0.1, 0.15) is 42.6 Å². The zero-order chi connectivity index (χ0) is 17.5. The molecule has 1 aliphatic rings. The normalized spacial score (nSPS) is 14.7. The van der Waals surface area contributed by atoms with E-state index in [9.17, 15) is 9.18 Å². The molecule has 0 aromatic carbocycles. The van der Waals surface area contributed by atoms with E-state index in [0.717, 1.165) is 39.0 Å². The number of nitrogens with one attached hydrogen (secondary N) is 1. The first-order valence-corrected chi connectivity index (χ1v) is 7.90. The largest absolute Gasteiger partial charge is 0.400 e. The first-order chi connectivity index (χ1) is 11.6. The van der Waals surface area contributed by atoms with Crippen molar-refractivity contribution in [3.05, 3.63) is 30.2 Å². The number of aliphatic hydroxyl groups excluding tert-OH is 1. The van der Waals surface area contributed by atoms with Crippen LogP contribution in [-0.2, 0) is 7.05 Å². The van der Waals surface area contributed by atoms with Gasteiger partial charge in [0.1, 0.15) is 5.69 Å². The molecule has 8 heteroatoms. The Hall–Kier alpha value is -2.35. The van der Waals surface area contributed by atoms with Crippen molar-refractivity contribution >= 4 is 5.91 Å². The molecular weight excluding hydrogens is 313 g/mol. The van der Waals surface area contributed by atoms with Crippen LogP contribution in [0.15, 0.2) is 18.7 Å². The van der Waals surface area contributed by atoms with E-state index >= 15 is 0 Å². The van der Waals surface area contributed by atoms with Crippen LogP contribution in [0.4, 0.5) is 4.39 Å². The van der Waals surface area contributed by atoms with E-state index in [1.165, 1.54) is 6.42 Å². The fourth-order valence-electron chi connectivity index (χ4n) is 2.72.